The van der Waals surface area contributed by atoms with Gasteiger partial charge in [-0.2, -0.15) is 5.10 Å². The fourth-order valence-electron chi connectivity index (χ4n) is 4.40. The highest BCUT2D eigenvalue weighted by atomic mass is 16.2. The van der Waals surface area contributed by atoms with Crippen LogP contribution in [0.2, 0.25) is 0 Å². The number of nitrogens with zero attached hydrogens (tertiary/aromatic N) is 4. The molecule has 4 rings (SSSR count). The van der Waals surface area contributed by atoms with Gasteiger partial charge in [0.15, 0.2) is 5.82 Å². The lowest BCUT2D eigenvalue weighted by Crippen LogP contribution is -2.55. The van der Waals surface area contributed by atoms with E-state index in [9.17, 15) is 9.59 Å². The summed E-state index contributed by atoms with van der Waals surface area (Å²) in [5.41, 5.74) is 1.65. The summed E-state index contributed by atoms with van der Waals surface area (Å²) in [5.74, 6) is 1.00. The Hall–Kier alpha value is -2.70. The van der Waals surface area contributed by atoms with E-state index < -0.39 is 0 Å². The molecule has 2 saturated heterocycles. The van der Waals surface area contributed by atoms with E-state index in [1.54, 1.807) is 0 Å². The third-order valence-corrected chi connectivity index (χ3v) is 5.90. The van der Waals surface area contributed by atoms with Gasteiger partial charge in [-0.1, -0.05) is 12.1 Å². The fraction of sp³-hybridized carbons (Fsp3) is 0.500. The average Bonchev–Trinajstić information content (AvgIpc) is 3.25. The first-order valence-corrected chi connectivity index (χ1v) is 9.63. The second-order valence-corrected chi connectivity index (χ2v) is 7.65. The molecule has 2 aliphatic rings. The van der Waals surface area contributed by atoms with E-state index in [4.69, 9.17) is 0 Å². The van der Waals surface area contributed by atoms with Crippen LogP contribution in [0.4, 0.5) is 0 Å². The molecule has 1 atom stereocenters. The Bertz CT molecular complexity index is 817. The summed E-state index contributed by atoms with van der Waals surface area (Å²) in [4.78, 5) is 33.2. The molecule has 0 bridgehead atoms. The van der Waals surface area contributed by atoms with Crippen LogP contribution >= 0.6 is 0 Å². The topological polar surface area (TPSA) is 82.2 Å². The SMILES string of the molecule is CCN1C[C@@]2(CCCN(C(=O)c3ccc(-c4ncn[nH]4)cc3)C2)CCC1=O. The van der Waals surface area contributed by atoms with Gasteiger partial charge in [-0.15, -0.1) is 0 Å². The van der Waals surface area contributed by atoms with Crippen molar-refractivity contribution < 1.29 is 9.59 Å². The standard InChI is InChI=1S/C20H25N5O2/c1-2-24-12-20(10-8-17(24)26)9-3-11-25(13-20)19(27)16-6-4-15(5-7-16)18-21-14-22-23-18/h4-7,14H,2-3,8-13H2,1H3,(H,21,22,23)/t20-/m1/s1. The predicted octanol–water partition coefficient (Wildman–Crippen LogP) is 2.34. The van der Waals surface area contributed by atoms with Gasteiger partial charge in [0.05, 0.1) is 0 Å². The Morgan fingerprint density at radius 1 is 1.22 bits per heavy atom. The Morgan fingerprint density at radius 3 is 2.74 bits per heavy atom. The lowest BCUT2D eigenvalue weighted by atomic mass is 9.73. The molecule has 0 aliphatic carbocycles. The molecule has 142 valence electrons. The summed E-state index contributed by atoms with van der Waals surface area (Å²) in [6.07, 6.45) is 5.03. The van der Waals surface area contributed by atoms with Crippen molar-refractivity contribution in [3.05, 3.63) is 36.2 Å². The van der Waals surface area contributed by atoms with Gasteiger partial charge in [0, 0.05) is 49.1 Å². The molecule has 2 fully saturated rings. The molecule has 0 radical (unpaired) electrons. The number of likely N-dealkylation sites (tertiary alicyclic amines) is 2. The van der Waals surface area contributed by atoms with Crippen molar-refractivity contribution in [3.63, 3.8) is 0 Å². The monoisotopic (exact) mass is 367 g/mol. The van der Waals surface area contributed by atoms with Crippen molar-refractivity contribution in [3.8, 4) is 11.4 Å². The first-order chi connectivity index (χ1) is 13.1. The van der Waals surface area contributed by atoms with Gasteiger partial charge in [-0.25, -0.2) is 4.98 Å². The van der Waals surface area contributed by atoms with Gasteiger partial charge < -0.3 is 9.80 Å². The largest absolute Gasteiger partial charge is 0.342 e. The number of hydrogen-bond acceptors (Lipinski definition) is 4. The molecule has 0 saturated carbocycles. The van der Waals surface area contributed by atoms with E-state index in [2.05, 4.69) is 15.2 Å². The summed E-state index contributed by atoms with van der Waals surface area (Å²) < 4.78 is 0. The van der Waals surface area contributed by atoms with E-state index in [0.717, 1.165) is 51.0 Å². The summed E-state index contributed by atoms with van der Waals surface area (Å²) in [7, 11) is 0. The summed E-state index contributed by atoms with van der Waals surface area (Å²) in [5, 5.41) is 6.69. The van der Waals surface area contributed by atoms with E-state index in [1.807, 2.05) is 41.0 Å². The summed E-state index contributed by atoms with van der Waals surface area (Å²) in [6, 6.07) is 7.49. The molecule has 7 nitrogen and oxygen atoms in total. The average molecular weight is 367 g/mol. The van der Waals surface area contributed by atoms with Gasteiger partial charge in [0.25, 0.3) is 5.91 Å². The van der Waals surface area contributed by atoms with Crippen molar-refractivity contribution in [2.45, 2.75) is 32.6 Å². The molecule has 27 heavy (non-hydrogen) atoms. The maximum Gasteiger partial charge on any atom is 0.253 e. The molecule has 2 aromatic rings. The van der Waals surface area contributed by atoms with Crippen LogP contribution in [-0.2, 0) is 4.79 Å². The number of hydrogen-bond donors (Lipinski definition) is 1. The molecular formula is C20H25N5O2. The number of H-pyrrole nitrogens is 1. The van der Waals surface area contributed by atoms with Crippen LogP contribution in [0.3, 0.4) is 0 Å². The fourth-order valence-corrected chi connectivity index (χ4v) is 4.40. The first kappa shape index (κ1) is 17.7. The minimum Gasteiger partial charge on any atom is -0.342 e. The van der Waals surface area contributed by atoms with E-state index in [1.165, 1.54) is 6.33 Å². The zero-order chi connectivity index (χ0) is 18.9. The first-order valence-electron chi connectivity index (χ1n) is 9.63. The number of carbonyl (C=O) groups excluding carboxylic acids is 2. The molecule has 7 heteroatoms. The summed E-state index contributed by atoms with van der Waals surface area (Å²) in [6.45, 7) is 5.07. The molecule has 1 aromatic heterocycles. The van der Waals surface area contributed by atoms with Gasteiger partial charge in [0.2, 0.25) is 5.91 Å². The number of nitrogens with one attached hydrogen (secondary N) is 1. The minimum absolute atomic E-state index is 0.0532. The maximum atomic E-state index is 13.0. The Morgan fingerprint density at radius 2 is 2.04 bits per heavy atom. The normalized spacial score (nSPS) is 23.1. The van der Waals surface area contributed by atoms with E-state index >= 15 is 0 Å². The quantitative estimate of drug-likeness (QED) is 0.903. The van der Waals surface area contributed by atoms with Gasteiger partial charge >= 0.3 is 0 Å². The van der Waals surface area contributed by atoms with E-state index in [0.29, 0.717) is 17.8 Å². The Kier molecular flexibility index (Phi) is 4.68. The highest BCUT2D eigenvalue weighted by molar-refractivity contribution is 5.94. The number of aromatic amines is 1. The lowest BCUT2D eigenvalue weighted by molar-refractivity contribution is -0.138. The molecule has 0 unspecified atom stereocenters. The Labute approximate surface area is 158 Å². The van der Waals surface area contributed by atoms with Crippen LogP contribution in [0.15, 0.2) is 30.6 Å². The molecule has 3 heterocycles. The molecule has 1 aromatic carbocycles. The zero-order valence-corrected chi connectivity index (χ0v) is 15.6. The second-order valence-electron chi connectivity index (χ2n) is 7.65. The van der Waals surface area contributed by atoms with Crippen LogP contribution in [-0.4, -0.2) is 63.0 Å². The van der Waals surface area contributed by atoms with Gasteiger partial charge in [-0.3, -0.25) is 14.7 Å². The predicted molar refractivity (Wildman–Crippen MR) is 101 cm³/mol. The van der Waals surface area contributed by atoms with Crippen molar-refractivity contribution in [2.24, 2.45) is 5.41 Å². The van der Waals surface area contributed by atoms with Crippen LogP contribution in [0, 0.1) is 5.41 Å². The van der Waals surface area contributed by atoms with Crippen molar-refractivity contribution >= 4 is 11.8 Å². The van der Waals surface area contributed by atoms with Gasteiger partial charge in [-0.05, 0) is 38.3 Å². The molecule has 2 aliphatic heterocycles. The van der Waals surface area contributed by atoms with E-state index in [-0.39, 0.29) is 17.2 Å². The van der Waals surface area contributed by atoms with Crippen molar-refractivity contribution in [2.75, 3.05) is 26.2 Å². The van der Waals surface area contributed by atoms with Gasteiger partial charge in [0.1, 0.15) is 6.33 Å². The molecular weight excluding hydrogens is 342 g/mol. The minimum atomic E-state index is 0.0532. The molecule has 1 N–H and O–H groups in total. The number of amides is 2. The number of piperidine rings is 2. The second kappa shape index (κ2) is 7.13. The number of carbonyl (C=O) groups is 2. The third-order valence-electron chi connectivity index (χ3n) is 5.90. The number of rotatable bonds is 3. The van der Waals surface area contributed by atoms with Crippen molar-refractivity contribution in [1.29, 1.82) is 0 Å². The third kappa shape index (κ3) is 3.46. The highest BCUT2D eigenvalue weighted by Crippen LogP contribution is 2.39. The molecule has 2 amide bonds. The maximum absolute atomic E-state index is 13.0. The lowest BCUT2D eigenvalue weighted by Gasteiger charge is -2.48. The Balaban J connectivity index is 1.48. The number of aromatic nitrogens is 3. The number of benzene rings is 1. The molecule has 1 spiro atoms. The highest BCUT2D eigenvalue weighted by Gasteiger charge is 2.42. The van der Waals surface area contributed by atoms with Crippen molar-refractivity contribution in [1.82, 2.24) is 25.0 Å². The smallest absolute Gasteiger partial charge is 0.253 e. The van der Waals surface area contributed by atoms with Crippen LogP contribution in [0.25, 0.3) is 11.4 Å². The van der Waals surface area contributed by atoms with Crippen LogP contribution < -0.4 is 0 Å². The van der Waals surface area contributed by atoms with Crippen LogP contribution in [0.5, 0.6) is 0 Å². The summed E-state index contributed by atoms with van der Waals surface area (Å²) >= 11 is 0. The zero-order valence-electron chi connectivity index (χ0n) is 15.6. The van der Waals surface area contributed by atoms with Crippen LogP contribution in [0.1, 0.15) is 43.0 Å².